The third kappa shape index (κ3) is 6.88. The minimum atomic E-state index is -4.43. The summed E-state index contributed by atoms with van der Waals surface area (Å²) in [6.07, 6.45) is -1.25. The van der Waals surface area contributed by atoms with Crippen LogP contribution in [0.25, 0.3) is 0 Å². The zero-order chi connectivity index (χ0) is 14.3. The Morgan fingerprint density at radius 2 is 1.68 bits per heavy atom. The second kappa shape index (κ2) is 7.20. The number of carbonyl (C=O) groups excluding carboxylic acids is 2. The highest BCUT2D eigenvalue weighted by Gasteiger charge is 2.27. The molecule has 2 N–H and O–H groups in total. The maximum atomic E-state index is 11.8. The first-order valence-corrected chi connectivity index (χ1v) is 6.25. The summed E-state index contributed by atoms with van der Waals surface area (Å²) >= 11 is 0. The summed E-state index contributed by atoms with van der Waals surface area (Å²) in [7, 11) is 0. The molecule has 8 heteroatoms. The molecule has 0 aromatic heterocycles. The van der Waals surface area contributed by atoms with E-state index in [-0.39, 0.29) is 18.9 Å². The number of halogens is 3. The van der Waals surface area contributed by atoms with Crippen LogP contribution in [0.2, 0.25) is 0 Å². The van der Waals surface area contributed by atoms with Gasteiger partial charge in [-0.15, -0.1) is 0 Å². The van der Waals surface area contributed by atoms with Crippen LogP contribution in [0.15, 0.2) is 0 Å². The van der Waals surface area contributed by atoms with Gasteiger partial charge in [-0.2, -0.15) is 13.2 Å². The first kappa shape index (κ1) is 15.6. The van der Waals surface area contributed by atoms with E-state index in [0.29, 0.717) is 0 Å². The fourth-order valence-electron chi connectivity index (χ4n) is 1.83. The van der Waals surface area contributed by atoms with Crippen LogP contribution in [0.4, 0.5) is 18.0 Å². The van der Waals surface area contributed by atoms with Gasteiger partial charge in [0, 0.05) is 26.1 Å². The second-order valence-corrected chi connectivity index (χ2v) is 4.42. The fourth-order valence-corrected chi connectivity index (χ4v) is 1.83. The van der Waals surface area contributed by atoms with E-state index in [1.165, 1.54) is 0 Å². The lowest BCUT2D eigenvalue weighted by atomic mass is 10.1. The second-order valence-electron chi connectivity index (χ2n) is 4.42. The Bertz CT molecular complexity index is 315. The molecule has 0 aromatic carbocycles. The zero-order valence-corrected chi connectivity index (χ0v) is 10.6. The molecule has 0 unspecified atom stereocenters. The third-order valence-corrected chi connectivity index (χ3v) is 2.78. The van der Waals surface area contributed by atoms with Crippen LogP contribution in [0.1, 0.15) is 25.7 Å². The van der Waals surface area contributed by atoms with Crippen LogP contribution in [0.5, 0.6) is 0 Å². The fraction of sp³-hybridized carbons (Fsp3) is 0.818. The van der Waals surface area contributed by atoms with E-state index in [0.717, 1.165) is 32.4 Å². The molecule has 1 saturated heterocycles. The van der Waals surface area contributed by atoms with E-state index in [4.69, 9.17) is 0 Å². The molecule has 1 heterocycles. The first-order chi connectivity index (χ1) is 8.88. The average molecular weight is 281 g/mol. The van der Waals surface area contributed by atoms with Crippen molar-refractivity contribution < 1.29 is 22.8 Å². The van der Waals surface area contributed by atoms with E-state index in [1.807, 2.05) is 0 Å². The van der Waals surface area contributed by atoms with Gasteiger partial charge < -0.3 is 15.5 Å². The lowest BCUT2D eigenvalue weighted by Crippen LogP contribution is -2.42. The third-order valence-electron chi connectivity index (χ3n) is 2.78. The smallest absolute Gasteiger partial charge is 0.343 e. The van der Waals surface area contributed by atoms with E-state index in [2.05, 4.69) is 5.32 Å². The summed E-state index contributed by atoms with van der Waals surface area (Å²) < 4.78 is 35.4. The van der Waals surface area contributed by atoms with Crippen molar-refractivity contribution in [1.82, 2.24) is 15.5 Å². The van der Waals surface area contributed by atoms with Gasteiger partial charge in [-0.25, -0.2) is 4.79 Å². The van der Waals surface area contributed by atoms with Gasteiger partial charge in [0.25, 0.3) is 0 Å². The van der Waals surface area contributed by atoms with Gasteiger partial charge in [0.1, 0.15) is 6.54 Å². The molecule has 0 saturated carbocycles. The number of rotatable bonds is 4. The molecule has 1 aliphatic rings. The van der Waals surface area contributed by atoms with Crippen LogP contribution < -0.4 is 10.6 Å². The van der Waals surface area contributed by atoms with Crippen LogP contribution in [0, 0.1) is 0 Å². The number of carbonyl (C=O) groups is 2. The Labute approximate surface area is 109 Å². The molecule has 1 fully saturated rings. The van der Waals surface area contributed by atoms with Gasteiger partial charge in [-0.1, -0.05) is 0 Å². The van der Waals surface area contributed by atoms with Crippen molar-refractivity contribution in [3.8, 4) is 0 Å². The van der Waals surface area contributed by atoms with E-state index in [1.54, 1.807) is 10.2 Å². The van der Waals surface area contributed by atoms with Crippen molar-refractivity contribution in [2.24, 2.45) is 0 Å². The Hall–Kier alpha value is -1.47. The number of amides is 3. The molecule has 19 heavy (non-hydrogen) atoms. The molecule has 0 spiro atoms. The van der Waals surface area contributed by atoms with E-state index < -0.39 is 18.8 Å². The van der Waals surface area contributed by atoms with Gasteiger partial charge in [-0.3, -0.25) is 4.79 Å². The Balaban J connectivity index is 2.12. The van der Waals surface area contributed by atoms with Crippen LogP contribution in [-0.2, 0) is 4.79 Å². The van der Waals surface area contributed by atoms with E-state index >= 15 is 0 Å². The molecule has 0 bridgehead atoms. The number of hydrogen-bond donors (Lipinski definition) is 2. The molecule has 0 radical (unpaired) electrons. The average Bonchev–Trinajstić information content (AvgIpc) is 2.36. The monoisotopic (exact) mass is 281 g/mol. The normalized spacial score (nSPS) is 16.1. The molecule has 0 atom stereocenters. The first-order valence-electron chi connectivity index (χ1n) is 6.25. The summed E-state index contributed by atoms with van der Waals surface area (Å²) in [5.41, 5.74) is 0. The molecule has 110 valence electrons. The topological polar surface area (TPSA) is 61.4 Å². The molecular formula is C11H18F3N3O2. The van der Waals surface area contributed by atoms with Crippen molar-refractivity contribution in [3.63, 3.8) is 0 Å². The minimum Gasteiger partial charge on any atom is -0.343 e. The van der Waals surface area contributed by atoms with Crippen LogP contribution in [-0.4, -0.2) is 49.2 Å². The Morgan fingerprint density at radius 3 is 2.26 bits per heavy atom. The summed E-state index contributed by atoms with van der Waals surface area (Å²) in [5, 5.41) is 3.90. The lowest BCUT2D eigenvalue weighted by molar-refractivity contribution is -0.132. The van der Waals surface area contributed by atoms with Crippen molar-refractivity contribution in [1.29, 1.82) is 0 Å². The highest BCUT2D eigenvalue weighted by molar-refractivity contribution is 5.78. The number of likely N-dealkylation sites (tertiary alicyclic amines) is 1. The van der Waals surface area contributed by atoms with E-state index in [9.17, 15) is 22.8 Å². The molecule has 0 aliphatic carbocycles. The number of piperidine rings is 1. The largest absolute Gasteiger partial charge is 0.405 e. The van der Waals surface area contributed by atoms with Gasteiger partial charge >= 0.3 is 12.2 Å². The standard InChI is InChI=1S/C11H18F3N3O2/c12-11(13,14)8-16-10(19)15-5-4-9(18)17-6-2-1-3-7-17/h1-8H2,(H2,15,16,19). The minimum absolute atomic E-state index is 0.0407. The molecule has 1 aliphatic heterocycles. The summed E-state index contributed by atoms with van der Waals surface area (Å²) in [6.45, 7) is 0.107. The number of hydrogen-bond acceptors (Lipinski definition) is 2. The molecule has 3 amide bonds. The Morgan fingerprint density at radius 1 is 1.05 bits per heavy atom. The summed E-state index contributed by atoms with van der Waals surface area (Å²) in [5.74, 6) is -0.0733. The SMILES string of the molecule is O=C(NCCC(=O)N1CCCCC1)NCC(F)(F)F. The van der Waals surface area contributed by atoms with Gasteiger partial charge in [-0.05, 0) is 19.3 Å². The number of urea groups is 1. The van der Waals surface area contributed by atoms with Gasteiger partial charge in [0.2, 0.25) is 5.91 Å². The lowest BCUT2D eigenvalue weighted by Gasteiger charge is -2.26. The maximum Gasteiger partial charge on any atom is 0.405 e. The Kier molecular flexibility index (Phi) is 5.91. The van der Waals surface area contributed by atoms with Crippen molar-refractivity contribution in [2.45, 2.75) is 31.9 Å². The number of nitrogens with zero attached hydrogens (tertiary/aromatic N) is 1. The zero-order valence-electron chi connectivity index (χ0n) is 10.6. The van der Waals surface area contributed by atoms with Crippen molar-refractivity contribution in [3.05, 3.63) is 0 Å². The number of alkyl halides is 3. The highest BCUT2D eigenvalue weighted by atomic mass is 19.4. The molecule has 5 nitrogen and oxygen atoms in total. The molecule has 0 aromatic rings. The molecule has 1 rings (SSSR count). The van der Waals surface area contributed by atoms with Crippen molar-refractivity contribution >= 4 is 11.9 Å². The van der Waals surface area contributed by atoms with Crippen LogP contribution in [0.3, 0.4) is 0 Å². The van der Waals surface area contributed by atoms with Crippen LogP contribution >= 0.6 is 0 Å². The molecular weight excluding hydrogens is 263 g/mol. The predicted octanol–water partition coefficient (Wildman–Crippen LogP) is 1.25. The highest BCUT2D eigenvalue weighted by Crippen LogP contribution is 2.12. The number of nitrogens with one attached hydrogen (secondary N) is 2. The van der Waals surface area contributed by atoms with Gasteiger partial charge in [0.15, 0.2) is 0 Å². The predicted molar refractivity (Wildman–Crippen MR) is 62.5 cm³/mol. The summed E-state index contributed by atoms with van der Waals surface area (Å²) in [4.78, 5) is 24.4. The summed E-state index contributed by atoms with van der Waals surface area (Å²) in [6, 6.07) is -0.913. The van der Waals surface area contributed by atoms with Gasteiger partial charge in [0.05, 0.1) is 0 Å². The maximum absolute atomic E-state index is 11.8. The van der Waals surface area contributed by atoms with Crippen molar-refractivity contribution in [2.75, 3.05) is 26.2 Å². The quantitative estimate of drug-likeness (QED) is 0.814.